The van der Waals surface area contributed by atoms with E-state index in [1.807, 2.05) is 30.3 Å². The van der Waals surface area contributed by atoms with Crippen LogP contribution in [-0.4, -0.2) is 19.3 Å². The number of rotatable bonds is 5. The highest BCUT2D eigenvalue weighted by atomic mass is 16.5. The van der Waals surface area contributed by atoms with Gasteiger partial charge in [0.05, 0.1) is 20.8 Å². The Bertz CT molecular complexity index is 642. The first-order valence-electron chi connectivity index (χ1n) is 7.73. The quantitative estimate of drug-likeness (QED) is 0.902. The van der Waals surface area contributed by atoms with Crippen molar-refractivity contribution in [1.29, 1.82) is 0 Å². The number of hydrogen-bond acceptors (Lipinski definition) is 3. The van der Waals surface area contributed by atoms with Crippen LogP contribution in [0, 0.1) is 0 Å². The molecule has 0 aliphatic heterocycles. The van der Waals surface area contributed by atoms with Gasteiger partial charge in [-0.05, 0) is 47.6 Å². The Morgan fingerprint density at radius 3 is 2.23 bits per heavy atom. The summed E-state index contributed by atoms with van der Waals surface area (Å²) in [6.07, 6.45) is 3.71. The van der Waals surface area contributed by atoms with Gasteiger partial charge >= 0.3 is 0 Å². The van der Waals surface area contributed by atoms with Crippen LogP contribution in [0.4, 0.5) is 0 Å². The van der Waals surface area contributed by atoms with Gasteiger partial charge in [0.1, 0.15) is 0 Å². The fourth-order valence-electron chi connectivity index (χ4n) is 2.99. The van der Waals surface area contributed by atoms with Crippen LogP contribution in [-0.2, 0) is 6.61 Å². The molecule has 3 heteroatoms. The second kappa shape index (κ2) is 6.41. The van der Waals surface area contributed by atoms with Crippen LogP contribution in [0.3, 0.4) is 0 Å². The predicted octanol–water partition coefficient (Wildman–Crippen LogP) is 4.13. The smallest absolute Gasteiger partial charge is 0.164 e. The number of hydrogen-bond donors (Lipinski definition) is 1. The first-order chi connectivity index (χ1) is 10.8. The number of benzene rings is 2. The van der Waals surface area contributed by atoms with Crippen LogP contribution in [0.15, 0.2) is 36.4 Å². The second-order valence-corrected chi connectivity index (χ2v) is 5.78. The fourth-order valence-corrected chi connectivity index (χ4v) is 2.99. The molecule has 0 bridgehead atoms. The molecule has 0 aromatic heterocycles. The summed E-state index contributed by atoms with van der Waals surface area (Å²) in [6.45, 7) is 0.0690. The Hall–Kier alpha value is -2.00. The molecule has 116 valence electrons. The molecule has 1 saturated carbocycles. The molecule has 0 heterocycles. The van der Waals surface area contributed by atoms with Crippen LogP contribution >= 0.6 is 0 Å². The van der Waals surface area contributed by atoms with Crippen molar-refractivity contribution in [2.24, 2.45) is 0 Å². The second-order valence-electron chi connectivity index (χ2n) is 5.78. The van der Waals surface area contributed by atoms with Gasteiger partial charge in [-0.1, -0.05) is 30.7 Å². The van der Waals surface area contributed by atoms with Crippen molar-refractivity contribution in [3.63, 3.8) is 0 Å². The van der Waals surface area contributed by atoms with Gasteiger partial charge < -0.3 is 14.6 Å². The summed E-state index contributed by atoms with van der Waals surface area (Å²) in [7, 11) is 3.39. The SMILES string of the molecule is COc1cc(-c2ccc(CO)cc2)cc(C2CCC2)c1OC. The van der Waals surface area contributed by atoms with Crippen molar-refractivity contribution in [1.82, 2.24) is 0 Å². The summed E-state index contributed by atoms with van der Waals surface area (Å²) in [5, 5.41) is 9.17. The van der Waals surface area contributed by atoms with E-state index in [-0.39, 0.29) is 6.61 Å². The molecule has 0 radical (unpaired) electrons. The summed E-state index contributed by atoms with van der Waals surface area (Å²) >= 11 is 0. The van der Waals surface area contributed by atoms with E-state index in [4.69, 9.17) is 14.6 Å². The van der Waals surface area contributed by atoms with Crippen molar-refractivity contribution in [3.8, 4) is 22.6 Å². The van der Waals surface area contributed by atoms with Crippen molar-refractivity contribution < 1.29 is 14.6 Å². The third-order valence-corrected chi connectivity index (χ3v) is 4.52. The molecule has 3 nitrogen and oxygen atoms in total. The van der Waals surface area contributed by atoms with Crippen LogP contribution in [0.2, 0.25) is 0 Å². The van der Waals surface area contributed by atoms with E-state index in [2.05, 4.69) is 6.07 Å². The molecule has 0 unspecified atom stereocenters. The Kier molecular flexibility index (Phi) is 4.34. The van der Waals surface area contributed by atoms with Crippen molar-refractivity contribution in [3.05, 3.63) is 47.5 Å². The summed E-state index contributed by atoms with van der Waals surface area (Å²) in [5.74, 6) is 2.22. The van der Waals surface area contributed by atoms with Gasteiger partial charge in [-0.2, -0.15) is 0 Å². The summed E-state index contributed by atoms with van der Waals surface area (Å²) in [6, 6.07) is 12.2. The zero-order chi connectivity index (χ0) is 15.5. The molecule has 1 N–H and O–H groups in total. The van der Waals surface area contributed by atoms with Crippen molar-refractivity contribution in [2.45, 2.75) is 31.8 Å². The van der Waals surface area contributed by atoms with Gasteiger partial charge in [-0.15, -0.1) is 0 Å². The molecule has 1 fully saturated rings. The van der Waals surface area contributed by atoms with Crippen LogP contribution in [0.25, 0.3) is 11.1 Å². The van der Waals surface area contributed by atoms with Crippen molar-refractivity contribution in [2.75, 3.05) is 14.2 Å². The molecule has 0 saturated heterocycles. The lowest BCUT2D eigenvalue weighted by Gasteiger charge is -2.28. The largest absolute Gasteiger partial charge is 0.493 e. The lowest BCUT2D eigenvalue weighted by atomic mass is 9.78. The third-order valence-electron chi connectivity index (χ3n) is 4.52. The van der Waals surface area contributed by atoms with Crippen LogP contribution in [0.5, 0.6) is 11.5 Å². The summed E-state index contributed by atoms with van der Waals surface area (Å²) in [5.41, 5.74) is 4.42. The monoisotopic (exact) mass is 298 g/mol. The lowest BCUT2D eigenvalue weighted by molar-refractivity contribution is 0.282. The summed E-state index contributed by atoms with van der Waals surface area (Å²) in [4.78, 5) is 0. The normalized spacial score (nSPS) is 14.5. The van der Waals surface area contributed by atoms with Gasteiger partial charge in [-0.25, -0.2) is 0 Å². The highest BCUT2D eigenvalue weighted by Crippen LogP contribution is 2.46. The number of methoxy groups -OCH3 is 2. The van der Waals surface area contributed by atoms with E-state index in [9.17, 15) is 0 Å². The number of aliphatic hydroxyl groups is 1. The maximum absolute atomic E-state index is 9.17. The average molecular weight is 298 g/mol. The molecule has 1 aliphatic rings. The van der Waals surface area contributed by atoms with E-state index >= 15 is 0 Å². The molecular weight excluding hydrogens is 276 g/mol. The van der Waals surface area contributed by atoms with Gasteiger partial charge in [-0.3, -0.25) is 0 Å². The van der Waals surface area contributed by atoms with E-state index in [0.717, 1.165) is 28.2 Å². The van der Waals surface area contributed by atoms with E-state index in [1.165, 1.54) is 24.8 Å². The maximum atomic E-state index is 9.17. The molecule has 0 spiro atoms. The zero-order valence-corrected chi connectivity index (χ0v) is 13.1. The molecule has 2 aromatic rings. The van der Waals surface area contributed by atoms with Crippen LogP contribution < -0.4 is 9.47 Å². The van der Waals surface area contributed by atoms with Gasteiger partial charge in [0, 0.05) is 5.56 Å². The maximum Gasteiger partial charge on any atom is 0.164 e. The van der Waals surface area contributed by atoms with Crippen molar-refractivity contribution >= 4 is 0 Å². The fraction of sp³-hybridized carbons (Fsp3) is 0.368. The van der Waals surface area contributed by atoms with Gasteiger partial charge in [0.25, 0.3) is 0 Å². The standard InChI is InChI=1S/C19H22O3/c1-21-18-11-16(14-8-6-13(12-20)7-9-14)10-17(19(18)22-2)15-4-3-5-15/h6-11,15,20H,3-5,12H2,1-2H3. The Morgan fingerprint density at radius 1 is 1.00 bits per heavy atom. The summed E-state index contributed by atoms with van der Waals surface area (Å²) < 4.78 is 11.1. The first kappa shape index (κ1) is 14.9. The third kappa shape index (κ3) is 2.69. The molecular formula is C19H22O3. The molecule has 3 rings (SSSR count). The van der Waals surface area contributed by atoms with E-state index in [1.54, 1.807) is 14.2 Å². The lowest BCUT2D eigenvalue weighted by Crippen LogP contribution is -2.11. The molecule has 22 heavy (non-hydrogen) atoms. The zero-order valence-electron chi connectivity index (χ0n) is 13.1. The van der Waals surface area contributed by atoms with E-state index < -0.39 is 0 Å². The minimum Gasteiger partial charge on any atom is -0.493 e. The Balaban J connectivity index is 2.06. The van der Waals surface area contributed by atoms with E-state index in [0.29, 0.717) is 5.92 Å². The first-order valence-corrected chi connectivity index (χ1v) is 7.73. The van der Waals surface area contributed by atoms with Gasteiger partial charge in [0.15, 0.2) is 11.5 Å². The number of aliphatic hydroxyl groups excluding tert-OH is 1. The topological polar surface area (TPSA) is 38.7 Å². The minimum atomic E-state index is 0.0690. The number of ether oxygens (including phenoxy) is 2. The predicted molar refractivity (Wildman–Crippen MR) is 87.5 cm³/mol. The molecule has 0 amide bonds. The Labute approximate surface area is 131 Å². The highest BCUT2D eigenvalue weighted by Gasteiger charge is 2.25. The average Bonchev–Trinajstić information content (AvgIpc) is 2.52. The van der Waals surface area contributed by atoms with Gasteiger partial charge in [0.2, 0.25) is 0 Å². The highest BCUT2D eigenvalue weighted by molar-refractivity contribution is 5.70. The molecule has 1 aliphatic carbocycles. The van der Waals surface area contributed by atoms with Crippen LogP contribution in [0.1, 0.15) is 36.3 Å². The Morgan fingerprint density at radius 2 is 1.73 bits per heavy atom. The molecule has 2 aromatic carbocycles. The molecule has 0 atom stereocenters. The minimum absolute atomic E-state index is 0.0690.